The number of nitrogens with zero attached hydrogens (tertiary/aromatic N) is 1. The van der Waals surface area contributed by atoms with Crippen LogP contribution in [0.4, 0.5) is 0 Å². The zero-order chi connectivity index (χ0) is 13.2. The fourth-order valence-electron chi connectivity index (χ4n) is 2.30. The van der Waals surface area contributed by atoms with Crippen LogP contribution in [0.15, 0.2) is 20.1 Å². The van der Waals surface area contributed by atoms with E-state index in [4.69, 9.17) is 5.73 Å². The van der Waals surface area contributed by atoms with Crippen molar-refractivity contribution in [2.24, 2.45) is 11.7 Å². The van der Waals surface area contributed by atoms with Crippen molar-refractivity contribution in [3.63, 3.8) is 0 Å². The summed E-state index contributed by atoms with van der Waals surface area (Å²) in [6.45, 7) is 1.85. The molecular weight excluding hydrogens is 336 g/mol. The summed E-state index contributed by atoms with van der Waals surface area (Å²) in [4.78, 5) is 0. The molecule has 4 nitrogen and oxygen atoms in total. The van der Waals surface area contributed by atoms with E-state index in [1.807, 2.05) is 0 Å². The Bertz CT molecular complexity index is 499. The molecule has 1 aromatic heterocycles. The van der Waals surface area contributed by atoms with Crippen LogP contribution >= 0.6 is 27.3 Å². The lowest BCUT2D eigenvalue weighted by Crippen LogP contribution is -2.40. The molecule has 1 atom stereocenters. The van der Waals surface area contributed by atoms with E-state index in [0.29, 0.717) is 34.2 Å². The summed E-state index contributed by atoms with van der Waals surface area (Å²) >= 11 is 4.56. The van der Waals surface area contributed by atoms with Crippen LogP contribution in [0, 0.1) is 5.92 Å². The average Bonchev–Trinajstić information content (AvgIpc) is 2.77. The predicted octanol–water partition coefficient (Wildman–Crippen LogP) is 2.26. The molecule has 102 valence electrons. The number of thiophene rings is 1. The van der Waals surface area contributed by atoms with Crippen molar-refractivity contribution >= 4 is 37.3 Å². The molecule has 7 heteroatoms. The van der Waals surface area contributed by atoms with Crippen molar-refractivity contribution < 1.29 is 8.42 Å². The van der Waals surface area contributed by atoms with Gasteiger partial charge in [-0.25, -0.2) is 8.42 Å². The van der Waals surface area contributed by atoms with Gasteiger partial charge >= 0.3 is 0 Å². The number of halogens is 1. The van der Waals surface area contributed by atoms with Crippen molar-refractivity contribution in [1.82, 2.24) is 4.31 Å². The van der Waals surface area contributed by atoms with E-state index in [-0.39, 0.29) is 0 Å². The highest BCUT2D eigenvalue weighted by atomic mass is 79.9. The van der Waals surface area contributed by atoms with Crippen LogP contribution in [0.1, 0.15) is 19.3 Å². The molecule has 0 radical (unpaired) electrons. The second-order valence-corrected chi connectivity index (χ2v) is 8.41. The molecule has 18 heavy (non-hydrogen) atoms. The molecule has 1 aliphatic heterocycles. The number of hydrogen-bond acceptors (Lipinski definition) is 4. The fraction of sp³-hybridized carbons (Fsp3) is 0.636. The van der Waals surface area contributed by atoms with Gasteiger partial charge in [0.25, 0.3) is 10.0 Å². The van der Waals surface area contributed by atoms with E-state index in [1.165, 1.54) is 11.3 Å². The molecule has 0 saturated carbocycles. The Balaban J connectivity index is 2.18. The maximum absolute atomic E-state index is 12.5. The molecule has 0 aliphatic carbocycles. The minimum Gasteiger partial charge on any atom is -0.330 e. The standard InChI is InChI=1S/C11H17BrN2O2S2/c12-10-4-7-17-11(10)18(15,16)14-6-1-2-9(8-14)3-5-13/h4,7,9H,1-3,5-6,8,13H2. The van der Waals surface area contributed by atoms with Gasteiger partial charge in [-0.3, -0.25) is 0 Å². The fourth-order valence-corrected chi connectivity index (χ4v) is 6.30. The molecule has 2 N–H and O–H groups in total. The monoisotopic (exact) mass is 352 g/mol. The molecule has 2 rings (SSSR count). The summed E-state index contributed by atoms with van der Waals surface area (Å²) < 4.78 is 27.7. The van der Waals surface area contributed by atoms with Crippen LogP contribution in [-0.4, -0.2) is 32.4 Å². The zero-order valence-corrected chi connectivity index (χ0v) is 13.2. The van der Waals surface area contributed by atoms with E-state index in [9.17, 15) is 8.42 Å². The number of nitrogens with two attached hydrogens (primary N) is 1. The number of piperidine rings is 1. The molecule has 1 aliphatic rings. The molecule has 0 bridgehead atoms. The smallest absolute Gasteiger partial charge is 0.253 e. The molecule has 1 saturated heterocycles. The lowest BCUT2D eigenvalue weighted by molar-refractivity contribution is 0.258. The minimum atomic E-state index is -3.34. The van der Waals surface area contributed by atoms with Crippen LogP contribution < -0.4 is 5.73 Å². The van der Waals surface area contributed by atoms with Gasteiger partial charge in [0.15, 0.2) is 0 Å². The minimum absolute atomic E-state index is 0.400. The molecular formula is C11H17BrN2O2S2. The van der Waals surface area contributed by atoms with Gasteiger partial charge in [0.05, 0.1) is 0 Å². The van der Waals surface area contributed by atoms with Gasteiger partial charge in [0.1, 0.15) is 4.21 Å². The average molecular weight is 353 g/mol. The van der Waals surface area contributed by atoms with Gasteiger partial charge in [-0.1, -0.05) is 0 Å². The van der Waals surface area contributed by atoms with Crippen LogP contribution in [-0.2, 0) is 10.0 Å². The maximum atomic E-state index is 12.5. The number of rotatable bonds is 4. The first-order valence-corrected chi connectivity index (χ1v) is 9.10. The van der Waals surface area contributed by atoms with Gasteiger partial charge in [0.2, 0.25) is 0 Å². The Labute approximate surface area is 120 Å². The van der Waals surface area contributed by atoms with E-state index in [0.717, 1.165) is 19.3 Å². The lowest BCUT2D eigenvalue weighted by atomic mass is 9.96. The first-order chi connectivity index (χ1) is 8.55. The van der Waals surface area contributed by atoms with E-state index in [2.05, 4.69) is 15.9 Å². The van der Waals surface area contributed by atoms with Gasteiger partial charge in [-0.05, 0) is 59.1 Å². The van der Waals surface area contributed by atoms with Gasteiger partial charge in [0, 0.05) is 17.6 Å². The Morgan fingerprint density at radius 2 is 2.33 bits per heavy atom. The van der Waals surface area contributed by atoms with Crippen LogP contribution in [0.3, 0.4) is 0 Å². The summed E-state index contributed by atoms with van der Waals surface area (Å²) in [5, 5.41) is 1.79. The molecule has 1 unspecified atom stereocenters. The molecule has 1 aromatic rings. The Morgan fingerprint density at radius 1 is 1.56 bits per heavy atom. The van der Waals surface area contributed by atoms with Crippen molar-refractivity contribution in [1.29, 1.82) is 0 Å². The summed E-state index contributed by atoms with van der Waals surface area (Å²) in [6, 6.07) is 1.78. The van der Waals surface area contributed by atoms with E-state index < -0.39 is 10.0 Å². The quantitative estimate of drug-likeness (QED) is 0.903. The van der Waals surface area contributed by atoms with Crippen molar-refractivity contribution in [3.8, 4) is 0 Å². The largest absolute Gasteiger partial charge is 0.330 e. The molecule has 1 fully saturated rings. The van der Waals surface area contributed by atoms with Crippen molar-refractivity contribution in [2.45, 2.75) is 23.5 Å². The summed E-state index contributed by atoms with van der Waals surface area (Å²) in [5.41, 5.74) is 5.56. The van der Waals surface area contributed by atoms with Crippen LogP contribution in [0.5, 0.6) is 0 Å². The third-order valence-electron chi connectivity index (χ3n) is 3.22. The third-order valence-corrected chi connectivity index (χ3v) is 7.73. The van der Waals surface area contributed by atoms with Crippen molar-refractivity contribution in [2.75, 3.05) is 19.6 Å². The van der Waals surface area contributed by atoms with Crippen molar-refractivity contribution in [3.05, 3.63) is 15.9 Å². The Hall–Kier alpha value is 0.0500. The predicted molar refractivity (Wildman–Crippen MR) is 77.2 cm³/mol. The Morgan fingerprint density at radius 3 is 2.94 bits per heavy atom. The summed E-state index contributed by atoms with van der Waals surface area (Å²) in [7, 11) is -3.34. The SMILES string of the molecule is NCCC1CCCN(S(=O)(=O)c2sccc2Br)C1. The topological polar surface area (TPSA) is 63.4 Å². The Kier molecular flexibility index (Phi) is 4.82. The third kappa shape index (κ3) is 2.96. The van der Waals surface area contributed by atoms with Gasteiger partial charge < -0.3 is 5.73 Å². The molecule has 0 amide bonds. The number of sulfonamides is 1. The van der Waals surface area contributed by atoms with E-state index in [1.54, 1.807) is 15.8 Å². The highest BCUT2D eigenvalue weighted by molar-refractivity contribution is 9.10. The molecule has 0 spiro atoms. The highest BCUT2D eigenvalue weighted by Gasteiger charge is 2.31. The normalized spacial score (nSPS) is 22.2. The van der Waals surface area contributed by atoms with Crippen LogP contribution in [0.25, 0.3) is 0 Å². The van der Waals surface area contributed by atoms with Gasteiger partial charge in [-0.2, -0.15) is 4.31 Å². The lowest BCUT2D eigenvalue weighted by Gasteiger charge is -2.31. The molecule has 2 heterocycles. The maximum Gasteiger partial charge on any atom is 0.253 e. The second kappa shape index (κ2) is 6.00. The first kappa shape index (κ1) is 14.5. The number of hydrogen-bond donors (Lipinski definition) is 1. The summed E-state index contributed by atoms with van der Waals surface area (Å²) in [5.74, 6) is 0.400. The second-order valence-electron chi connectivity index (χ2n) is 4.50. The summed E-state index contributed by atoms with van der Waals surface area (Å²) in [6.07, 6.45) is 2.90. The van der Waals surface area contributed by atoms with Gasteiger partial charge in [-0.15, -0.1) is 11.3 Å². The van der Waals surface area contributed by atoms with E-state index >= 15 is 0 Å². The first-order valence-electron chi connectivity index (χ1n) is 5.99. The van der Waals surface area contributed by atoms with Crippen LogP contribution in [0.2, 0.25) is 0 Å². The molecule has 0 aromatic carbocycles. The zero-order valence-electron chi connectivity index (χ0n) is 10.0. The highest BCUT2D eigenvalue weighted by Crippen LogP contribution is 2.32.